The predicted molar refractivity (Wildman–Crippen MR) is 100 cm³/mol. The molecule has 3 aromatic rings. The van der Waals surface area contributed by atoms with Crippen LogP contribution in [-0.4, -0.2) is 40.1 Å². The molecule has 27 heavy (non-hydrogen) atoms. The highest BCUT2D eigenvalue weighted by Gasteiger charge is 2.24. The molecule has 2 aromatic carbocycles. The second kappa shape index (κ2) is 7.57. The monoisotopic (exact) mass is 366 g/mol. The van der Waals surface area contributed by atoms with Crippen molar-refractivity contribution in [1.82, 2.24) is 14.9 Å². The van der Waals surface area contributed by atoms with Crippen LogP contribution in [0.3, 0.4) is 0 Å². The van der Waals surface area contributed by atoms with Crippen LogP contribution in [0.2, 0.25) is 0 Å². The van der Waals surface area contributed by atoms with Crippen LogP contribution in [0.1, 0.15) is 12.8 Å². The number of carbonyl (C=O) groups excluding carboxylic acids is 1. The van der Waals surface area contributed by atoms with E-state index in [0.29, 0.717) is 37.5 Å². The van der Waals surface area contributed by atoms with Gasteiger partial charge in [0.15, 0.2) is 0 Å². The fraction of sp³-hybridized carbons (Fsp3) is 0.250. The minimum Gasteiger partial charge on any atom is -0.473 e. The highest BCUT2D eigenvalue weighted by Crippen LogP contribution is 2.20. The van der Waals surface area contributed by atoms with Crippen molar-refractivity contribution in [2.45, 2.75) is 18.9 Å². The Bertz CT molecular complexity index is 940. The molecule has 4 rings (SSSR count). The molecule has 0 atom stereocenters. The first-order chi connectivity index (χ1) is 13.2. The van der Waals surface area contributed by atoms with Gasteiger partial charge in [0.1, 0.15) is 11.9 Å². The van der Waals surface area contributed by atoms with E-state index in [1.807, 2.05) is 24.3 Å². The molecule has 138 valence electrons. The third-order valence-corrected chi connectivity index (χ3v) is 4.54. The van der Waals surface area contributed by atoms with Gasteiger partial charge < -0.3 is 15.0 Å². The molecule has 7 heteroatoms. The standard InChI is InChI=1S/C20H19FN4O2/c21-14-5-7-15(8-6-14)23-20(26)25-11-9-16(10-12-25)27-19-13-22-17-3-1-2-4-18(17)24-19/h1-8,13,16H,9-12H2,(H,23,26). The number of likely N-dealkylation sites (tertiary alicyclic amines) is 1. The largest absolute Gasteiger partial charge is 0.473 e. The number of piperidine rings is 1. The van der Waals surface area contributed by atoms with Crippen LogP contribution in [-0.2, 0) is 0 Å². The molecule has 1 N–H and O–H groups in total. The average Bonchev–Trinajstić information content (AvgIpc) is 2.70. The van der Waals surface area contributed by atoms with Crippen molar-refractivity contribution in [1.29, 1.82) is 0 Å². The summed E-state index contributed by atoms with van der Waals surface area (Å²) in [6.45, 7) is 1.16. The number of halogens is 1. The summed E-state index contributed by atoms with van der Waals surface area (Å²) in [5.41, 5.74) is 2.20. The van der Waals surface area contributed by atoms with Crippen molar-refractivity contribution >= 4 is 22.8 Å². The van der Waals surface area contributed by atoms with Gasteiger partial charge in [-0.15, -0.1) is 0 Å². The van der Waals surface area contributed by atoms with Gasteiger partial charge in [0.05, 0.1) is 17.2 Å². The fourth-order valence-corrected chi connectivity index (χ4v) is 3.08. The number of fused-ring (bicyclic) bond motifs is 1. The summed E-state index contributed by atoms with van der Waals surface area (Å²) in [5, 5.41) is 2.78. The molecule has 0 spiro atoms. The van der Waals surface area contributed by atoms with Crippen LogP contribution < -0.4 is 10.1 Å². The van der Waals surface area contributed by atoms with E-state index < -0.39 is 0 Å². The maximum Gasteiger partial charge on any atom is 0.321 e. The first kappa shape index (κ1) is 17.2. The fourth-order valence-electron chi connectivity index (χ4n) is 3.08. The summed E-state index contributed by atoms with van der Waals surface area (Å²) in [5.74, 6) is 0.172. The zero-order chi connectivity index (χ0) is 18.6. The summed E-state index contributed by atoms with van der Waals surface area (Å²) < 4.78 is 18.9. The van der Waals surface area contributed by atoms with Gasteiger partial charge in [-0.05, 0) is 36.4 Å². The molecular weight excluding hydrogens is 347 g/mol. The van der Waals surface area contributed by atoms with Crippen molar-refractivity contribution < 1.29 is 13.9 Å². The van der Waals surface area contributed by atoms with Gasteiger partial charge in [0, 0.05) is 31.6 Å². The van der Waals surface area contributed by atoms with Gasteiger partial charge in [-0.1, -0.05) is 12.1 Å². The molecule has 2 heterocycles. The molecule has 0 radical (unpaired) electrons. The molecule has 1 aliphatic rings. The van der Waals surface area contributed by atoms with E-state index >= 15 is 0 Å². The lowest BCUT2D eigenvalue weighted by Gasteiger charge is -2.31. The second-order valence-corrected chi connectivity index (χ2v) is 6.44. The third-order valence-electron chi connectivity index (χ3n) is 4.54. The molecule has 0 bridgehead atoms. The lowest BCUT2D eigenvalue weighted by molar-refractivity contribution is 0.111. The second-order valence-electron chi connectivity index (χ2n) is 6.44. The van der Waals surface area contributed by atoms with Gasteiger partial charge in [0.25, 0.3) is 0 Å². The Morgan fingerprint density at radius 2 is 1.78 bits per heavy atom. The van der Waals surface area contributed by atoms with Gasteiger partial charge >= 0.3 is 6.03 Å². The minimum atomic E-state index is -0.331. The van der Waals surface area contributed by atoms with Crippen molar-refractivity contribution in [2.75, 3.05) is 18.4 Å². The average molecular weight is 366 g/mol. The number of nitrogens with zero attached hydrogens (tertiary/aromatic N) is 3. The maximum atomic E-state index is 12.9. The number of aromatic nitrogens is 2. The Morgan fingerprint density at radius 3 is 2.52 bits per heavy atom. The first-order valence-corrected chi connectivity index (χ1v) is 8.87. The number of anilines is 1. The van der Waals surface area contributed by atoms with Crippen molar-refractivity contribution in [3.8, 4) is 5.88 Å². The Morgan fingerprint density at radius 1 is 1.07 bits per heavy atom. The molecule has 0 aliphatic carbocycles. The zero-order valence-electron chi connectivity index (χ0n) is 14.6. The minimum absolute atomic E-state index is 0.00432. The number of nitrogens with one attached hydrogen (secondary N) is 1. The highest BCUT2D eigenvalue weighted by atomic mass is 19.1. The SMILES string of the molecule is O=C(Nc1ccc(F)cc1)N1CCC(Oc2cnc3ccccc3n2)CC1. The van der Waals surface area contributed by atoms with Crippen LogP contribution in [0.4, 0.5) is 14.9 Å². The van der Waals surface area contributed by atoms with Crippen LogP contribution in [0.25, 0.3) is 11.0 Å². The third kappa shape index (κ3) is 4.13. The smallest absolute Gasteiger partial charge is 0.321 e. The summed E-state index contributed by atoms with van der Waals surface area (Å²) >= 11 is 0. The number of amides is 2. The number of rotatable bonds is 3. The summed E-state index contributed by atoms with van der Waals surface area (Å²) in [7, 11) is 0. The molecule has 2 amide bonds. The van der Waals surface area contributed by atoms with Gasteiger partial charge in [-0.3, -0.25) is 0 Å². The van der Waals surface area contributed by atoms with Crippen LogP contribution in [0.5, 0.6) is 5.88 Å². The molecule has 1 aromatic heterocycles. The Labute approximate surface area is 156 Å². The zero-order valence-corrected chi connectivity index (χ0v) is 14.6. The number of urea groups is 1. The van der Waals surface area contributed by atoms with Crippen molar-refractivity contribution in [3.05, 3.63) is 60.5 Å². The molecule has 1 saturated heterocycles. The Kier molecular flexibility index (Phi) is 4.82. The van der Waals surface area contributed by atoms with Gasteiger partial charge in [-0.25, -0.2) is 19.2 Å². The number of para-hydroxylation sites is 2. The maximum absolute atomic E-state index is 12.9. The lowest BCUT2D eigenvalue weighted by Crippen LogP contribution is -2.43. The highest BCUT2D eigenvalue weighted by molar-refractivity contribution is 5.89. The predicted octanol–water partition coefficient (Wildman–Crippen LogP) is 3.84. The molecule has 6 nitrogen and oxygen atoms in total. The van der Waals surface area contributed by atoms with Crippen molar-refractivity contribution in [3.63, 3.8) is 0 Å². The molecule has 0 saturated carbocycles. The summed E-state index contributed by atoms with van der Waals surface area (Å²) in [6, 6.07) is 13.2. The summed E-state index contributed by atoms with van der Waals surface area (Å²) in [6.07, 6.45) is 3.06. The number of benzene rings is 2. The van der Waals surface area contributed by atoms with E-state index in [2.05, 4.69) is 15.3 Å². The molecular formula is C20H19FN4O2. The molecule has 1 fully saturated rings. The van der Waals surface area contributed by atoms with E-state index in [1.165, 1.54) is 12.1 Å². The van der Waals surface area contributed by atoms with Crippen LogP contribution in [0.15, 0.2) is 54.7 Å². The van der Waals surface area contributed by atoms with E-state index in [4.69, 9.17) is 4.74 Å². The van der Waals surface area contributed by atoms with E-state index in [1.54, 1.807) is 23.2 Å². The normalized spacial score (nSPS) is 14.9. The van der Waals surface area contributed by atoms with Gasteiger partial charge in [0.2, 0.25) is 5.88 Å². The Hall–Kier alpha value is -3.22. The number of carbonyl (C=O) groups is 1. The molecule has 0 unspecified atom stereocenters. The van der Waals surface area contributed by atoms with Crippen molar-refractivity contribution in [2.24, 2.45) is 0 Å². The molecule has 1 aliphatic heterocycles. The van der Waals surface area contributed by atoms with E-state index in [9.17, 15) is 9.18 Å². The number of hydrogen-bond donors (Lipinski definition) is 1. The van der Waals surface area contributed by atoms with E-state index in [-0.39, 0.29) is 18.0 Å². The Balaban J connectivity index is 1.31. The van der Waals surface area contributed by atoms with Gasteiger partial charge in [-0.2, -0.15) is 0 Å². The topological polar surface area (TPSA) is 67.4 Å². The summed E-state index contributed by atoms with van der Waals surface area (Å²) in [4.78, 5) is 22.9. The van der Waals surface area contributed by atoms with Crippen LogP contribution >= 0.6 is 0 Å². The lowest BCUT2D eigenvalue weighted by atomic mass is 10.1. The van der Waals surface area contributed by atoms with Crippen LogP contribution in [0, 0.1) is 5.82 Å². The number of hydrogen-bond acceptors (Lipinski definition) is 4. The quantitative estimate of drug-likeness (QED) is 0.765. The first-order valence-electron chi connectivity index (χ1n) is 8.87. The van der Waals surface area contributed by atoms with E-state index in [0.717, 1.165) is 11.0 Å². The number of ether oxygens (including phenoxy) is 1.